The van der Waals surface area contributed by atoms with Crippen LogP contribution in [0.2, 0.25) is 5.02 Å². The molecule has 0 unspecified atom stereocenters. The Morgan fingerprint density at radius 1 is 1.19 bits per heavy atom. The zero-order valence-corrected chi connectivity index (χ0v) is 11.9. The topological polar surface area (TPSA) is 64.9 Å². The Bertz CT molecular complexity index is 796. The average molecular weight is 304 g/mol. The van der Waals surface area contributed by atoms with Crippen molar-refractivity contribution < 1.29 is 8.91 Å². The number of nitrogens with zero attached hydrogens (tertiary/aromatic N) is 2. The SMILES string of the molecule is Cc1ncccc1-c1onc(N)c1-c1c(F)cccc1Cl. The van der Waals surface area contributed by atoms with Gasteiger partial charge in [-0.2, -0.15) is 0 Å². The lowest BCUT2D eigenvalue weighted by atomic mass is 10.0. The van der Waals surface area contributed by atoms with E-state index in [0.29, 0.717) is 16.9 Å². The van der Waals surface area contributed by atoms with Gasteiger partial charge in [-0.3, -0.25) is 4.98 Å². The van der Waals surface area contributed by atoms with Crippen molar-refractivity contribution in [2.24, 2.45) is 0 Å². The second-order valence-corrected chi connectivity index (χ2v) is 4.91. The summed E-state index contributed by atoms with van der Waals surface area (Å²) in [5.74, 6) is -0.0504. The van der Waals surface area contributed by atoms with Crippen molar-refractivity contribution in [1.82, 2.24) is 10.1 Å². The number of rotatable bonds is 2. The molecule has 0 bridgehead atoms. The number of aryl methyl sites for hydroxylation is 1. The van der Waals surface area contributed by atoms with Crippen LogP contribution in [-0.2, 0) is 0 Å². The van der Waals surface area contributed by atoms with Crippen LogP contribution in [0.15, 0.2) is 41.1 Å². The molecular weight excluding hydrogens is 293 g/mol. The minimum atomic E-state index is -0.486. The maximum absolute atomic E-state index is 14.2. The molecular formula is C15H11ClFN3O. The number of hydrogen-bond acceptors (Lipinski definition) is 4. The molecule has 0 aliphatic rings. The van der Waals surface area contributed by atoms with Crippen molar-refractivity contribution in [2.45, 2.75) is 6.92 Å². The van der Waals surface area contributed by atoms with E-state index in [-0.39, 0.29) is 16.4 Å². The highest BCUT2D eigenvalue weighted by molar-refractivity contribution is 6.33. The molecule has 2 aromatic heterocycles. The highest BCUT2D eigenvalue weighted by Gasteiger charge is 2.23. The molecule has 0 spiro atoms. The highest BCUT2D eigenvalue weighted by Crippen LogP contribution is 2.41. The number of nitrogen functional groups attached to an aromatic ring is 1. The second-order valence-electron chi connectivity index (χ2n) is 4.50. The smallest absolute Gasteiger partial charge is 0.178 e. The fourth-order valence-corrected chi connectivity index (χ4v) is 2.45. The number of anilines is 1. The first-order valence-electron chi connectivity index (χ1n) is 6.21. The predicted molar refractivity (Wildman–Crippen MR) is 79.3 cm³/mol. The number of nitrogens with two attached hydrogens (primary N) is 1. The van der Waals surface area contributed by atoms with E-state index in [0.717, 1.165) is 5.69 Å². The van der Waals surface area contributed by atoms with E-state index in [9.17, 15) is 4.39 Å². The Labute approximate surface area is 125 Å². The lowest BCUT2D eigenvalue weighted by molar-refractivity contribution is 0.435. The van der Waals surface area contributed by atoms with Crippen LogP contribution in [-0.4, -0.2) is 10.1 Å². The van der Waals surface area contributed by atoms with Crippen LogP contribution >= 0.6 is 11.6 Å². The van der Waals surface area contributed by atoms with Crippen molar-refractivity contribution in [1.29, 1.82) is 0 Å². The molecule has 2 N–H and O–H groups in total. The zero-order chi connectivity index (χ0) is 15.0. The van der Waals surface area contributed by atoms with E-state index >= 15 is 0 Å². The molecule has 0 saturated heterocycles. The second kappa shape index (κ2) is 5.18. The van der Waals surface area contributed by atoms with Crippen molar-refractivity contribution >= 4 is 17.4 Å². The van der Waals surface area contributed by atoms with E-state index in [1.807, 2.05) is 6.92 Å². The minimum Gasteiger partial charge on any atom is -0.380 e. The number of aromatic nitrogens is 2. The minimum absolute atomic E-state index is 0.0836. The van der Waals surface area contributed by atoms with Crippen LogP contribution in [0.4, 0.5) is 10.2 Å². The molecule has 2 heterocycles. The van der Waals surface area contributed by atoms with Gasteiger partial charge < -0.3 is 10.3 Å². The number of hydrogen-bond donors (Lipinski definition) is 1. The van der Waals surface area contributed by atoms with Gasteiger partial charge in [-0.1, -0.05) is 22.8 Å². The van der Waals surface area contributed by atoms with E-state index < -0.39 is 5.82 Å². The van der Waals surface area contributed by atoms with E-state index in [4.69, 9.17) is 21.9 Å². The van der Waals surface area contributed by atoms with E-state index in [1.165, 1.54) is 12.1 Å². The first-order chi connectivity index (χ1) is 10.1. The van der Waals surface area contributed by atoms with Crippen molar-refractivity contribution in [3.8, 4) is 22.5 Å². The van der Waals surface area contributed by atoms with Gasteiger partial charge >= 0.3 is 0 Å². The molecule has 0 aliphatic carbocycles. The lowest BCUT2D eigenvalue weighted by Crippen LogP contribution is -1.94. The van der Waals surface area contributed by atoms with Gasteiger partial charge in [-0.05, 0) is 31.2 Å². The first kappa shape index (κ1) is 13.6. The van der Waals surface area contributed by atoms with Crippen LogP contribution in [0.25, 0.3) is 22.5 Å². The fraction of sp³-hybridized carbons (Fsp3) is 0.0667. The molecule has 0 aliphatic heterocycles. The third kappa shape index (κ3) is 2.25. The standard InChI is InChI=1S/C15H11ClFN3O/c1-8-9(4-3-7-19-8)14-13(15(18)20-21-14)12-10(16)5-2-6-11(12)17/h2-7H,1H3,(H2,18,20). The normalized spacial score (nSPS) is 10.8. The summed E-state index contributed by atoms with van der Waals surface area (Å²) in [5.41, 5.74) is 7.78. The van der Waals surface area contributed by atoms with Gasteiger partial charge in [-0.25, -0.2) is 4.39 Å². The van der Waals surface area contributed by atoms with Gasteiger partial charge in [0.25, 0.3) is 0 Å². The van der Waals surface area contributed by atoms with Gasteiger partial charge in [0.05, 0.1) is 10.6 Å². The molecule has 4 nitrogen and oxygen atoms in total. The van der Waals surface area contributed by atoms with Gasteiger partial charge in [0.2, 0.25) is 0 Å². The van der Waals surface area contributed by atoms with Crippen LogP contribution in [0.1, 0.15) is 5.69 Å². The summed E-state index contributed by atoms with van der Waals surface area (Å²) in [5, 5.41) is 3.99. The van der Waals surface area contributed by atoms with Gasteiger partial charge in [0, 0.05) is 23.0 Å². The molecule has 3 rings (SSSR count). The largest absolute Gasteiger partial charge is 0.380 e. The summed E-state index contributed by atoms with van der Waals surface area (Å²) < 4.78 is 19.5. The molecule has 0 atom stereocenters. The Kier molecular flexibility index (Phi) is 3.35. The summed E-state index contributed by atoms with van der Waals surface area (Å²) in [4.78, 5) is 4.19. The molecule has 6 heteroatoms. The van der Waals surface area contributed by atoms with Crippen molar-refractivity contribution in [3.05, 3.63) is 53.1 Å². The first-order valence-corrected chi connectivity index (χ1v) is 6.59. The summed E-state index contributed by atoms with van der Waals surface area (Å²) in [6, 6.07) is 7.99. The monoisotopic (exact) mass is 303 g/mol. The van der Waals surface area contributed by atoms with Crippen molar-refractivity contribution in [3.63, 3.8) is 0 Å². The molecule has 0 saturated carbocycles. The Balaban J connectivity index is 2.31. The Morgan fingerprint density at radius 2 is 2.00 bits per heavy atom. The van der Waals surface area contributed by atoms with Crippen LogP contribution < -0.4 is 5.73 Å². The van der Waals surface area contributed by atoms with Crippen LogP contribution in [0.3, 0.4) is 0 Å². The molecule has 1 aromatic carbocycles. The van der Waals surface area contributed by atoms with Crippen LogP contribution in [0.5, 0.6) is 0 Å². The zero-order valence-electron chi connectivity index (χ0n) is 11.1. The third-order valence-corrected chi connectivity index (χ3v) is 3.50. The average Bonchev–Trinajstić information content (AvgIpc) is 2.81. The maximum atomic E-state index is 14.2. The fourth-order valence-electron chi connectivity index (χ4n) is 2.19. The number of benzene rings is 1. The highest BCUT2D eigenvalue weighted by atomic mass is 35.5. The summed E-state index contributed by atoms with van der Waals surface area (Å²) in [6.45, 7) is 1.82. The maximum Gasteiger partial charge on any atom is 0.178 e. The molecule has 0 fully saturated rings. The molecule has 21 heavy (non-hydrogen) atoms. The van der Waals surface area contributed by atoms with E-state index in [2.05, 4.69) is 10.1 Å². The molecule has 106 valence electrons. The van der Waals surface area contributed by atoms with Crippen molar-refractivity contribution in [2.75, 3.05) is 5.73 Å². The number of halogens is 2. The number of pyridine rings is 1. The summed E-state index contributed by atoms with van der Waals surface area (Å²) >= 11 is 6.11. The Morgan fingerprint density at radius 3 is 2.71 bits per heavy atom. The Hall–Kier alpha value is -2.40. The lowest BCUT2D eigenvalue weighted by Gasteiger charge is -2.07. The predicted octanol–water partition coefficient (Wildman–Crippen LogP) is 4.09. The molecule has 0 radical (unpaired) electrons. The summed E-state index contributed by atoms with van der Waals surface area (Å²) in [7, 11) is 0. The van der Waals surface area contributed by atoms with E-state index in [1.54, 1.807) is 24.4 Å². The summed E-state index contributed by atoms with van der Waals surface area (Å²) in [6.07, 6.45) is 1.66. The van der Waals surface area contributed by atoms with Gasteiger partial charge in [0.1, 0.15) is 5.82 Å². The quantitative estimate of drug-likeness (QED) is 0.774. The van der Waals surface area contributed by atoms with Gasteiger partial charge in [-0.15, -0.1) is 0 Å². The third-order valence-electron chi connectivity index (χ3n) is 3.18. The molecule has 0 amide bonds. The molecule has 3 aromatic rings. The van der Waals surface area contributed by atoms with Gasteiger partial charge in [0.15, 0.2) is 11.6 Å². The van der Waals surface area contributed by atoms with Crippen LogP contribution in [0, 0.1) is 12.7 Å².